The van der Waals surface area contributed by atoms with Crippen molar-refractivity contribution >= 4 is 11.6 Å². The SMILES string of the molecule is NCC1(c2ccc(Cl)cc2O)CCCC1. The fourth-order valence-corrected chi connectivity index (χ4v) is 2.75. The van der Waals surface area contributed by atoms with Gasteiger partial charge in [0, 0.05) is 22.5 Å². The van der Waals surface area contributed by atoms with Gasteiger partial charge in [-0.25, -0.2) is 0 Å². The lowest BCUT2D eigenvalue weighted by atomic mass is 9.78. The van der Waals surface area contributed by atoms with Gasteiger partial charge in [0.05, 0.1) is 0 Å². The molecule has 0 unspecified atom stereocenters. The maximum absolute atomic E-state index is 9.91. The Balaban J connectivity index is 2.42. The quantitative estimate of drug-likeness (QED) is 0.813. The topological polar surface area (TPSA) is 46.2 Å². The molecule has 0 heterocycles. The zero-order valence-electron chi connectivity index (χ0n) is 8.67. The van der Waals surface area contributed by atoms with Gasteiger partial charge in [0.1, 0.15) is 5.75 Å². The van der Waals surface area contributed by atoms with Crippen LogP contribution in [0.3, 0.4) is 0 Å². The summed E-state index contributed by atoms with van der Waals surface area (Å²) in [6.07, 6.45) is 4.52. The van der Waals surface area contributed by atoms with E-state index in [1.165, 1.54) is 12.8 Å². The Morgan fingerprint density at radius 1 is 1.33 bits per heavy atom. The number of benzene rings is 1. The largest absolute Gasteiger partial charge is 0.508 e. The summed E-state index contributed by atoms with van der Waals surface area (Å²) in [5.74, 6) is 0.287. The molecule has 0 spiro atoms. The first-order valence-electron chi connectivity index (χ1n) is 5.37. The standard InChI is InChI=1S/C12H16ClNO/c13-9-3-4-10(11(15)7-9)12(8-14)5-1-2-6-12/h3-4,7,15H,1-2,5-6,8,14H2. The summed E-state index contributed by atoms with van der Waals surface area (Å²) >= 11 is 5.82. The smallest absolute Gasteiger partial charge is 0.120 e. The average molecular weight is 226 g/mol. The van der Waals surface area contributed by atoms with Gasteiger partial charge in [-0.1, -0.05) is 30.5 Å². The molecule has 0 bridgehead atoms. The predicted octanol–water partition coefficient (Wildman–Crippen LogP) is 2.82. The maximum atomic E-state index is 9.91. The first-order chi connectivity index (χ1) is 7.18. The number of hydrogen-bond acceptors (Lipinski definition) is 2. The van der Waals surface area contributed by atoms with Crippen molar-refractivity contribution in [3.8, 4) is 5.75 Å². The van der Waals surface area contributed by atoms with E-state index in [9.17, 15) is 5.11 Å². The van der Waals surface area contributed by atoms with E-state index in [0.29, 0.717) is 11.6 Å². The van der Waals surface area contributed by atoms with Crippen molar-refractivity contribution in [2.24, 2.45) is 5.73 Å². The lowest BCUT2D eigenvalue weighted by molar-refractivity contribution is 0.406. The van der Waals surface area contributed by atoms with Gasteiger partial charge in [-0.05, 0) is 25.0 Å². The Hall–Kier alpha value is -0.730. The predicted molar refractivity (Wildman–Crippen MR) is 62.3 cm³/mol. The number of nitrogens with two attached hydrogens (primary N) is 1. The van der Waals surface area contributed by atoms with Gasteiger partial charge in [-0.3, -0.25) is 0 Å². The Bertz CT molecular complexity index is 359. The molecule has 15 heavy (non-hydrogen) atoms. The summed E-state index contributed by atoms with van der Waals surface area (Å²) in [4.78, 5) is 0. The molecule has 1 aromatic carbocycles. The molecule has 1 aliphatic rings. The highest BCUT2D eigenvalue weighted by molar-refractivity contribution is 6.30. The summed E-state index contributed by atoms with van der Waals surface area (Å²) in [6.45, 7) is 0.599. The summed E-state index contributed by atoms with van der Waals surface area (Å²) < 4.78 is 0. The summed E-state index contributed by atoms with van der Waals surface area (Å²) in [5, 5.41) is 10.5. The molecule has 2 nitrogen and oxygen atoms in total. The van der Waals surface area contributed by atoms with E-state index >= 15 is 0 Å². The highest BCUT2D eigenvalue weighted by Gasteiger charge is 2.36. The Morgan fingerprint density at radius 3 is 2.53 bits per heavy atom. The molecule has 1 aromatic rings. The van der Waals surface area contributed by atoms with Crippen LogP contribution in [0.2, 0.25) is 5.02 Å². The van der Waals surface area contributed by atoms with Gasteiger partial charge in [0.25, 0.3) is 0 Å². The zero-order chi connectivity index (χ0) is 10.9. The Kier molecular flexibility index (Phi) is 2.89. The molecule has 0 atom stereocenters. The monoisotopic (exact) mass is 225 g/mol. The van der Waals surface area contributed by atoms with Crippen molar-refractivity contribution in [2.45, 2.75) is 31.1 Å². The number of halogens is 1. The third-order valence-electron chi connectivity index (χ3n) is 3.48. The number of phenols is 1. The van der Waals surface area contributed by atoms with Crippen molar-refractivity contribution < 1.29 is 5.11 Å². The summed E-state index contributed by atoms with van der Waals surface area (Å²) in [5.41, 5.74) is 6.81. The van der Waals surface area contributed by atoms with Crippen molar-refractivity contribution in [2.75, 3.05) is 6.54 Å². The van der Waals surface area contributed by atoms with Crippen LogP contribution in [0.1, 0.15) is 31.2 Å². The van der Waals surface area contributed by atoms with Crippen molar-refractivity contribution in [1.29, 1.82) is 0 Å². The van der Waals surface area contributed by atoms with Gasteiger partial charge < -0.3 is 10.8 Å². The van der Waals surface area contributed by atoms with Gasteiger partial charge in [-0.15, -0.1) is 0 Å². The molecule has 82 valence electrons. The first kappa shape index (κ1) is 10.8. The minimum absolute atomic E-state index is 0.0192. The van der Waals surface area contributed by atoms with E-state index < -0.39 is 0 Å². The molecule has 0 aliphatic heterocycles. The molecule has 1 fully saturated rings. The Labute approximate surface area is 95.1 Å². The highest BCUT2D eigenvalue weighted by atomic mass is 35.5. The fraction of sp³-hybridized carbons (Fsp3) is 0.500. The lowest BCUT2D eigenvalue weighted by Crippen LogP contribution is -2.32. The van der Waals surface area contributed by atoms with Crippen LogP contribution < -0.4 is 5.73 Å². The highest BCUT2D eigenvalue weighted by Crippen LogP contribution is 2.44. The lowest BCUT2D eigenvalue weighted by Gasteiger charge is -2.28. The number of rotatable bonds is 2. The molecular weight excluding hydrogens is 210 g/mol. The van der Waals surface area contributed by atoms with Crippen molar-refractivity contribution in [1.82, 2.24) is 0 Å². The molecule has 3 N–H and O–H groups in total. The molecule has 1 saturated carbocycles. The van der Waals surface area contributed by atoms with E-state index in [2.05, 4.69) is 0 Å². The van der Waals surface area contributed by atoms with Gasteiger partial charge in [-0.2, -0.15) is 0 Å². The minimum atomic E-state index is -0.0192. The third-order valence-corrected chi connectivity index (χ3v) is 3.72. The normalized spacial score (nSPS) is 19.3. The van der Waals surface area contributed by atoms with Crippen LogP contribution in [0, 0.1) is 0 Å². The van der Waals surface area contributed by atoms with Gasteiger partial charge in [0.15, 0.2) is 0 Å². The van der Waals surface area contributed by atoms with E-state index in [0.717, 1.165) is 18.4 Å². The van der Waals surface area contributed by atoms with E-state index in [1.54, 1.807) is 6.07 Å². The molecule has 0 amide bonds. The molecule has 1 aliphatic carbocycles. The molecule has 0 aromatic heterocycles. The van der Waals surface area contributed by atoms with Crippen LogP contribution in [-0.4, -0.2) is 11.7 Å². The summed E-state index contributed by atoms with van der Waals surface area (Å²) in [6, 6.07) is 5.34. The van der Waals surface area contributed by atoms with Crippen LogP contribution >= 0.6 is 11.6 Å². The van der Waals surface area contributed by atoms with Crippen LogP contribution in [0.15, 0.2) is 18.2 Å². The Morgan fingerprint density at radius 2 is 2.00 bits per heavy atom. The first-order valence-corrected chi connectivity index (χ1v) is 5.75. The zero-order valence-corrected chi connectivity index (χ0v) is 9.43. The summed E-state index contributed by atoms with van der Waals surface area (Å²) in [7, 11) is 0. The molecule has 2 rings (SSSR count). The second kappa shape index (κ2) is 4.03. The molecule has 0 radical (unpaired) electrons. The van der Waals surface area contributed by atoms with E-state index in [-0.39, 0.29) is 11.2 Å². The van der Waals surface area contributed by atoms with Crippen LogP contribution in [-0.2, 0) is 5.41 Å². The maximum Gasteiger partial charge on any atom is 0.120 e. The number of hydrogen-bond donors (Lipinski definition) is 2. The number of phenolic OH excluding ortho intramolecular Hbond substituents is 1. The van der Waals surface area contributed by atoms with Crippen molar-refractivity contribution in [3.05, 3.63) is 28.8 Å². The van der Waals surface area contributed by atoms with Crippen LogP contribution in [0.25, 0.3) is 0 Å². The van der Waals surface area contributed by atoms with Crippen molar-refractivity contribution in [3.63, 3.8) is 0 Å². The molecular formula is C12H16ClNO. The van der Waals surface area contributed by atoms with Crippen LogP contribution in [0.5, 0.6) is 5.75 Å². The molecule has 0 saturated heterocycles. The average Bonchev–Trinajstić information content (AvgIpc) is 2.67. The second-order valence-corrected chi connectivity index (χ2v) is 4.79. The van der Waals surface area contributed by atoms with Gasteiger partial charge in [0.2, 0.25) is 0 Å². The molecule has 3 heteroatoms. The fourth-order valence-electron chi connectivity index (χ4n) is 2.59. The van der Waals surface area contributed by atoms with E-state index in [4.69, 9.17) is 17.3 Å². The minimum Gasteiger partial charge on any atom is -0.508 e. The van der Waals surface area contributed by atoms with Gasteiger partial charge >= 0.3 is 0 Å². The third kappa shape index (κ3) is 1.84. The van der Waals surface area contributed by atoms with Crippen LogP contribution in [0.4, 0.5) is 0 Å². The number of aromatic hydroxyl groups is 1. The second-order valence-electron chi connectivity index (χ2n) is 4.35. The van der Waals surface area contributed by atoms with E-state index in [1.807, 2.05) is 12.1 Å².